The zero-order valence-corrected chi connectivity index (χ0v) is 12.3. The van der Waals surface area contributed by atoms with Gasteiger partial charge in [-0.15, -0.1) is 0 Å². The fraction of sp³-hybridized carbons (Fsp3) is 0.375. The molecule has 1 heterocycles. The maximum absolute atomic E-state index is 11.8. The summed E-state index contributed by atoms with van der Waals surface area (Å²) in [4.78, 5) is 15.6. The Morgan fingerprint density at radius 3 is 2.60 bits per heavy atom. The Bertz CT molecular complexity index is 616. The van der Waals surface area contributed by atoms with Gasteiger partial charge in [0.1, 0.15) is 0 Å². The predicted octanol–water partition coefficient (Wildman–Crippen LogP) is 2.07. The Morgan fingerprint density at radius 1 is 1.30 bits per heavy atom. The fourth-order valence-electron chi connectivity index (χ4n) is 2.24. The van der Waals surface area contributed by atoms with E-state index in [4.69, 9.17) is 0 Å². The molecule has 4 heteroatoms. The lowest BCUT2D eigenvalue weighted by atomic mass is 10.0. The molecule has 106 valence electrons. The van der Waals surface area contributed by atoms with Gasteiger partial charge in [0, 0.05) is 18.9 Å². The number of nitrogens with zero attached hydrogens (tertiary/aromatic N) is 2. The normalized spacial score (nSPS) is 12.3. The molecule has 1 atom stereocenters. The minimum absolute atomic E-state index is 0.0993. The van der Waals surface area contributed by atoms with Crippen molar-refractivity contribution in [3.63, 3.8) is 0 Å². The van der Waals surface area contributed by atoms with E-state index in [2.05, 4.69) is 41.5 Å². The predicted molar refractivity (Wildman–Crippen MR) is 80.9 cm³/mol. The molecular weight excluding hydrogens is 250 g/mol. The van der Waals surface area contributed by atoms with Crippen molar-refractivity contribution in [2.45, 2.75) is 32.9 Å². The smallest absolute Gasteiger partial charge is 0.312 e. The number of rotatable bonds is 5. The molecule has 0 aliphatic carbocycles. The van der Waals surface area contributed by atoms with Crippen molar-refractivity contribution in [1.29, 1.82) is 0 Å². The van der Waals surface area contributed by atoms with Crippen molar-refractivity contribution in [3.8, 4) is 0 Å². The van der Waals surface area contributed by atoms with Crippen LogP contribution in [0, 0.1) is 6.92 Å². The molecule has 0 fully saturated rings. The molecule has 1 aromatic carbocycles. The molecule has 0 radical (unpaired) electrons. The summed E-state index contributed by atoms with van der Waals surface area (Å²) < 4.78 is 1.66. The van der Waals surface area contributed by atoms with Crippen molar-refractivity contribution >= 4 is 0 Å². The van der Waals surface area contributed by atoms with Crippen LogP contribution in [-0.4, -0.2) is 16.6 Å². The lowest BCUT2D eigenvalue weighted by Crippen LogP contribution is -2.29. The van der Waals surface area contributed by atoms with Crippen LogP contribution < -0.4 is 11.0 Å². The summed E-state index contributed by atoms with van der Waals surface area (Å²) in [7, 11) is 1.91. The van der Waals surface area contributed by atoms with Crippen molar-refractivity contribution in [1.82, 2.24) is 14.9 Å². The molecule has 0 saturated heterocycles. The summed E-state index contributed by atoms with van der Waals surface area (Å²) in [6, 6.07) is 8.61. The Labute approximate surface area is 119 Å². The van der Waals surface area contributed by atoms with Crippen molar-refractivity contribution in [2.24, 2.45) is 0 Å². The lowest BCUT2D eigenvalue weighted by Gasteiger charge is -2.18. The summed E-state index contributed by atoms with van der Waals surface area (Å²) in [5, 5.41) is 3.26. The Kier molecular flexibility index (Phi) is 4.69. The summed E-state index contributed by atoms with van der Waals surface area (Å²) in [5.41, 5.74) is 3.28. The van der Waals surface area contributed by atoms with E-state index in [1.807, 2.05) is 20.2 Å². The third-order valence-corrected chi connectivity index (χ3v) is 3.50. The molecule has 0 aliphatic heterocycles. The van der Waals surface area contributed by atoms with Crippen LogP contribution >= 0.6 is 0 Å². The molecule has 0 bridgehead atoms. The number of hydrogen-bond donors (Lipinski definition) is 1. The summed E-state index contributed by atoms with van der Waals surface area (Å²) in [5.74, 6) is 0. The molecule has 0 spiro atoms. The van der Waals surface area contributed by atoms with E-state index in [0.717, 1.165) is 12.0 Å². The molecule has 2 rings (SSSR count). The summed E-state index contributed by atoms with van der Waals surface area (Å²) >= 11 is 0. The van der Waals surface area contributed by atoms with Crippen LogP contribution in [0.3, 0.4) is 0 Å². The first-order valence-electron chi connectivity index (χ1n) is 6.93. The Hall–Kier alpha value is -1.94. The highest BCUT2D eigenvalue weighted by molar-refractivity contribution is 5.25. The van der Waals surface area contributed by atoms with Crippen LogP contribution in [0.2, 0.25) is 0 Å². The number of aryl methyl sites for hydroxylation is 2. The quantitative estimate of drug-likeness (QED) is 0.905. The van der Waals surface area contributed by atoms with Crippen molar-refractivity contribution in [3.05, 3.63) is 63.8 Å². The van der Waals surface area contributed by atoms with Crippen LogP contribution in [0.1, 0.15) is 29.7 Å². The molecule has 0 saturated carbocycles. The number of benzene rings is 1. The largest absolute Gasteiger partial charge is 0.347 e. The Balaban J connectivity index is 2.23. The van der Waals surface area contributed by atoms with E-state index in [0.29, 0.717) is 6.54 Å². The first-order valence-corrected chi connectivity index (χ1v) is 6.93. The average molecular weight is 271 g/mol. The van der Waals surface area contributed by atoms with E-state index in [1.165, 1.54) is 11.1 Å². The molecule has 0 amide bonds. The number of hydrogen-bond acceptors (Lipinski definition) is 3. The maximum Gasteiger partial charge on any atom is 0.347 e. The number of aromatic nitrogens is 2. The number of nitrogens with one attached hydrogen (secondary N) is 1. The minimum Gasteiger partial charge on any atom is -0.312 e. The average Bonchev–Trinajstić information content (AvgIpc) is 2.48. The van der Waals surface area contributed by atoms with E-state index >= 15 is 0 Å². The van der Waals surface area contributed by atoms with Gasteiger partial charge in [0.15, 0.2) is 0 Å². The molecule has 1 N–H and O–H groups in total. The second kappa shape index (κ2) is 6.48. The van der Waals surface area contributed by atoms with Crippen LogP contribution in [0.4, 0.5) is 0 Å². The van der Waals surface area contributed by atoms with Crippen LogP contribution in [0.15, 0.2) is 41.5 Å². The molecule has 1 aromatic heterocycles. The second-order valence-electron chi connectivity index (χ2n) is 5.00. The number of likely N-dealkylation sites (N-methyl/N-ethyl adjacent to an activating group) is 1. The van der Waals surface area contributed by atoms with Gasteiger partial charge in [-0.25, -0.2) is 9.78 Å². The molecule has 1 unspecified atom stereocenters. The van der Waals surface area contributed by atoms with Crippen LogP contribution in [-0.2, 0) is 13.0 Å². The zero-order valence-electron chi connectivity index (χ0n) is 12.3. The van der Waals surface area contributed by atoms with Gasteiger partial charge in [0.25, 0.3) is 0 Å². The summed E-state index contributed by atoms with van der Waals surface area (Å²) in [6.07, 6.45) is 4.48. The lowest BCUT2D eigenvalue weighted by molar-refractivity contribution is 0.484. The minimum atomic E-state index is -0.207. The van der Waals surface area contributed by atoms with Gasteiger partial charge in [-0.1, -0.05) is 31.2 Å². The van der Waals surface area contributed by atoms with Gasteiger partial charge in [-0.3, -0.25) is 4.57 Å². The maximum atomic E-state index is 11.8. The van der Waals surface area contributed by atoms with Crippen LogP contribution in [0.25, 0.3) is 0 Å². The van der Waals surface area contributed by atoms with Crippen molar-refractivity contribution in [2.75, 3.05) is 7.05 Å². The van der Waals surface area contributed by atoms with Gasteiger partial charge in [-0.2, -0.15) is 0 Å². The fourth-order valence-corrected chi connectivity index (χ4v) is 2.24. The standard InChI is InChI=1S/C16H21N3O/c1-4-13-5-7-14(8-6-13)15(17-3)11-19-10-12(2)9-18-16(19)20/h5-10,15,17H,4,11H2,1-3H3. The molecule has 0 aliphatic rings. The zero-order chi connectivity index (χ0) is 14.5. The Morgan fingerprint density at radius 2 is 2.00 bits per heavy atom. The van der Waals surface area contributed by atoms with Gasteiger partial charge in [-0.05, 0) is 37.1 Å². The molecular formula is C16H21N3O. The highest BCUT2D eigenvalue weighted by Gasteiger charge is 2.11. The highest BCUT2D eigenvalue weighted by atomic mass is 16.1. The molecule has 20 heavy (non-hydrogen) atoms. The van der Waals surface area contributed by atoms with Crippen LogP contribution in [0.5, 0.6) is 0 Å². The summed E-state index contributed by atoms with van der Waals surface area (Å²) in [6.45, 7) is 4.66. The van der Waals surface area contributed by atoms with Gasteiger partial charge >= 0.3 is 5.69 Å². The molecule has 4 nitrogen and oxygen atoms in total. The van der Waals surface area contributed by atoms with E-state index in [-0.39, 0.29) is 11.7 Å². The van der Waals surface area contributed by atoms with Gasteiger partial charge in [0.05, 0.1) is 6.04 Å². The van der Waals surface area contributed by atoms with E-state index in [9.17, 15) is 4.79 Å². The van der Waals surface area contributed by atoms with Gasteiger partial charge in [0.2, 0.25) is 0 Å². The second-order valence-corrected chi connectivity index (χ2v) is 5.00. The third kappa shape index (κ3) is 3.33. The van der Waals surface area contributed by atoms with Gasteiger partial charge < -0.3 is 5.32 Å². The van der Waals surface area contributed by atoms with E-state index in [1.54, 1.807) is 10.8 Å². The van der Waals surface area contributed by atoms with E-state index < -0.39 is 0 Å². The SMILES string of the molecule is CCc1ccc(C(Cn2cc(C)cnc2=O)NC)cc1. The highest BCUT2D eigenvalue weighted by Crippen LogP contribution is 2.15. The topological polar surface area (TPSA) is 46.9 Å². The molecule has 2 aromatic rings. The third-order valence-electron chi connectivity index (χ3n) is 3.50. The first-order chi connectivity index (χ1) is 9.63. The monoisotopic (exact) mass is 271 g/mol. The van der Waals surface area contributed by atoms with Crippen molar-refractivity contribution < 1.29 is 0 Å². The first kappa shape index (κ1) is 14.5.